The highest BCUT2D eigenvalue weighted by molar-refractivity contribution is 7.90. The van der Waals surface area contributed by atoms with E-state index in [1.807, 2.05) is 0 Å². The van der Waals surface area contributed by atoms with Gasteiger partial charge in [0.05, 0.1) is 11.5 Å². The van der Waals surface area contributed by atoms with Crippen molar-refractivity contribution >= 4 is 27.3 Å². The summed E-state index contributed by atoms with van der Waals surface area (Å²) < 4.78 is 50.5. The van der Waals surface area contributed by atoms with E-state index in [1.54, 1.807) is 6.07 Å². The van der Waals surface area contributed by atoms with Crippen LogP contribution in [0.1, 0.15) is 17.5 Å². The molecule has 0 heterocycles. The second-order valence-electron chi connectivity index (χ2n) is 5.45. The molecule has 1 amide bonds. The highest BCUT2D eigenvalue weighted by Crippen LogP contribution is 2.17. The van der Waals surface area contributed by atoms with Crippen molar-refractivity contribution in [3.63, 3.8) is 0 Å². The number of benzene rings is 2. The lowest BCUT2D eigenvalue weighted by Crippen LogP contribution is -2.25. The van der Waals surface area contributed by atoms with Crippen LogP contribution in [-0.4, -0.2) is 20.1 Å². The molecule has 8 heteroatoms. The summed E-state index contributed by atoms with van der Waals surface area (Å²) in [6.07, 6.45) is -0.254. The molecule has 2 aromatic carbocycles. The average molecular weight is 388 g/mol. The van der Waals surface area contributed by atoms with E-state index in [4.69, 9.17) is 11.6 Å². The third-order valence-electron chi connectivity index (χ3n) is 3.46. The molecule has 0 aliphatic rings. The van der Waals surface area contributed by atoms with Gasteiger partial charge in [0.25, 0.3) is 0 Å². The molecule has 0 saturated carbocycles. The largest absolute Gasteiger partial charge is 0.352 e. The molecule has 0 atom stereocenters. The molecule has 2 rings (SSSR count). The summed E-state index contributed by atoms with van der Waals surface area (Å²) in [5, 5.41) is 2.70. The molecular formula is C17H16ClF2NO3S. The van der Waals surface area contributed by atoms with Crippen LogP contribution in [0, 0.1) is 11.6 Å². The molecule has 4 nitrogen and oxygen atoms in total. The van der Waals surface area contributed by atoms with Gasteiger partial charge in [-0.2, -0.15) is 0 Å². The predicted molar refractivity (Wildman–Crippen MR) is 91.8 cm³/mol. The van der Waals surface area contributed by atoms with Crippen molar-refractivity contribution in [3.05, 3.63) is 70.2 Å². The van der Waals surface area contributed by atoms with Gasteiger partial charge in [-0.25, -0.2) is 17.2 Å². The zero-order valence-electron chi connectivity index (χ0n) is 13.1. The first-order valence-electron chi connectivity index (χ1n) is 7.41. The summed E-state index contributed by atoms with van der Waals surface area (Å²) in [6, 6.07) is 9.38. The number of carbonyl (C=O) groups is 1. The quantitative estimate of drug-likeness (QED) is 0.793. The van der Waals surface area contributed by atoms with E-state index in [-0.39, 0.29) is 23.6 Å². The monoisotopic (exact) mass is 387 g/mol. The molecule has 0 saturated heterocycles. The minimum atomic E-state index is -3.63. The summed E-state index contributed by atoms with van der Waals surface area (Å²) in [5.74, 6) is -2.43. The van der Waals surface area contributed by atoms with E-state index >= 15 is 0 Å². The zero-order valence-corrected chi connectivity index (χ0v) is 14.7. The summed E-state index contributed by atoms with van der Waals surface area (Å²) in [7, 11) is -3.63. The summed E-state index contributed by atoms with van der Waals surface area (Å²) in [5.41, 5.74) is 0.589. The van der Waals surface area contributed by atoms with Gasteiger partial charge in [0.2, 0.25) is 5.91 Å². The highest BCUT2D eigenvalue weighted by atomic mass is 35.5. The first-order valence-corrected chi connectivity index (χ1v) is 9.61. The van der Waals surface area contributed by atoms with Gasteiger partial charge in [0.15, 0.2) is 9.84 Å². The van der Waals surface area contributed by atoms with Gasteiger partial charge in [-0.05, 0) is 23.8 Å². The van der Waals surface area contributed by atoms with Crippen molar-refractivity contribution in [2.45, 2.75) is 18.7 Å². The van der Waals surface area contributed by atoms with Gasteiger partial charge in [-0.1, -0.05) is 35.9 Å². The summed E-state index contributed by atoms with van der Waals surface area (Å²) in [4.78, 5) is 11.8. The Morgan fingerprint density at radius 2 is 1.80 bits per heavy atom. The number of halogens is 3. The van der Waals surface area contributed by atoms with Crippen LogP contribution in [0.25, 0.3) is 0 Å². The van der Waals surface area contributed by atoms with Gasteiger partial charge in [0, 0.05) is 23.6 Å². The SMILES string of the molecule is O=C(CCS(=O)(=O)Cc1ccccc1F)NCc1ccc(F)cc1Cl. The molecule has 2 aromatic rings. The fourth-order valence-corrected chi connectivity index (χ4v) is 3.70. The molecule has 0 radical (unpaired) electrons. The fraction of sp³-hybridized carbons (Fsp3) is 0.235. The van der Waals surface area contributed by atoms with Crippen LogP contribution in [-0.2, 0) is 26.9 Å². The molecule has 1 N–H and O–H groups in total. The van der Waals surface area contributed by atoms with Crippen molar-refractivity contribution in [1.82, 2.24) is 5.32 Å². The topological polar surface area (TPSA) is 63.2 Å². The molecule has 0 aromatic heterocycles. The van der Waals surface area contributed by atoms with Gasteiger partial charge < -0.3 is 5.32 Å². The Morgan fingerprint density at radius 3 is 2.48 bits per heavy atom. The van der Waals surface area contributed by atoms with E-state index in [0.29, 0.717) is 5.56 Å². The maximum Gasteiger partial charge on any atom is 0.221 e. The molecular weight excluding hydrogens is 372 g/mol. The molecule has 25 heavy (non-hydrogen) atoms. The molecule has 0 fully saturated rings. The first kappa shape index (κ1) is 19.3. The maximum atomic E-state index is 13.5. The second kappa shape index (κ2) is 8.40. The van der Waals surface area contributed by atoms with Crippen molar-refractivity contribution in [2.24, 2.45) is 0 Å². The lowest BCUT2D eigenvalue weighted by Gasteiger charge is -2.08. The Morgan fingerprint density at radius 1 is 1.08 bits per heavy atom. The van der Waals surface area contributed by atoms with Crippen LogP contribution in [0.2, 0.25) is 5.02 Å². The van der Waals surface area contributed by atoms with Crippen LogP contribution < -0.4 is 5.32 Å². The zero-order chi connectivity index (χ0) is 18.4. The molecule has 134 valence electrons. The van der Waals surface area contributed by atoms with Gasteiger partial charge in [-0.3, -0.25) is 4.79 Å². The summed E-state index contributed by atoms with van der Waals surface area (Å²) >= 11 is 5.85. The second-order valence-corrected chi connectivity index (χ2v) is 8.04. The predicted octanol–water partition coefficient (Wildman–Crippen LogP) is 3.24. The Kier molecular flexibility index (Phi) is 6.50. The highest BCUT2D eigenvalue weighted by Gasteiger charge is 2.16. The third kappa shape index (κ3) is 6.10. The maximum absolute atomic E-state index is 13.5. The van der Waals surface area contributed by atoms with Crippen LogP contribution in [0.4, 0.5) is 8.78 Å². The number of sulfone groups is 1. The van der Waals surface area contributed by atoms with Crippen molar-refractivity contribution in [3.8, 4) is 0 Å². The average Bonchev–Trinajstić information content (AvgIpc) is 2.54. The third-order valence-corrected chi connectivity index (χ3v) is 5.39. The number of amides is 1. The Hall–Kier alpha value is -1.99. The number of rotatable bonds is 7. The number of nitrogens with one attached hydrogen (secondary N) is 1. The van der Waals surface area contributed by atoms with Crippen molar-refractivity contribution in [2.75, 3.05) is 5.75 Å². The standard InChI is InChI=1S/C17H16ClF2NO3S/c18-15-9-14(19)6-5-12(15)10-21-17(22)7-8-25(23,24)11-13-3-1-2-4-16(13)20/h1-6,9H,7-8,10-11H2,(H,21,22). The van der Waals surface area contributed by atoms with E-state index < -0.39 is 38.9 Å². The van der Waals surface area contributed by atoms with Gasteiger partial charge >= 0.3 is 0 Å². The van der Waals surface area contributed by atoms with Crippen molar-refractivity contribution in [1.29, 1.82) is 0 Å². The molecule has 0 spiro atoms. The van der Waals surface area contributed by atoms with Crippen LogP contribution in [0.3, 0.4) is 0 Å². The molecule has 0 bridgehead atoms. The molecule has 0 unspecified atom stereocenters. The Labute approximate surface area is 149 Å². The van der Waals surface area contributed by atoms with E-state index in [0.717, 1.165) is 6.07 Å². The molecule has 0 aliphatic carbocycles. The van der Waals surface area contributed by atoms with Gasteiger partial charge in [-0.15, -0.1) is 0 Å². The first-order chi connectivity index (χ1) is 11.8. The smallest absolute Gasteiger partial charge is 0.221 e. The Bertz CT molecular complexity index is 872. The summed E-state index contributed by atoms with van der Waals surface area (Å²) in [6.45, 7) is 0.0608. The number of hydrogen-bond acceptors (Lipinski definition) is 3. The van der Waals surface area contributed by atoms with Crippen molar-refractivity contribution < 1.29 is 22.0 Å². The van der Waals surface area contributed by atoms with E-state index in [2.05, 4.69) is 5.32 Å². The number of carbonyl (C=O) groups excluding carboxylic acids is 1. The molecule has 0 aliphatic heterocycles. The minimum absolute atomic E-state index is 0.0608. The lowest BCUT2D eigenvalue weighted by molar-refractivity contribution is -0.120. The van der Waals surface area contributed by atoms with Crippen LogP contribution in [0.5, 0.6) is 0 Å². The van der Waals surface area contributed by atoms with Crippen LogP contribution >= 0.6 is 11.6 Å². The van der Waals surface area contributed by atoms with E-state index in [9.17, 15) is 22.0 Å². The lowest BCUT2D eigenvalue weighted by atomic mass is 10.2. The van der Waals surface area contributed by atoms with Gasteiger partial charge in [0.1, 0.15) is 11.6 Å². The minimum Gasteiger partial charge on any atom is -0.352 e. The van der Waals surface area contributed by atoms with E-state index in [1.165, 1.54) is 30.3 Å². The fourth-order valence-electron chi connectivity index (χ4n) is 2.12. The Balaban J connectivity index is 1.85. The normalized spacial score (nSPS) is 11.3. The van der Waals surface area contributed by atoms with Crippen LogP contribution in [0.15, 0.2) is 42.5 Å². The number of hydrogen-bond donors (Lipinski definition) is 1.